The molecule has 1 aliphatic heterocycles. The molecule has 3 aromatic rings. The zero-order valence-electron chi connectivity index (χ0n) is 29.7. The van der Waals surface area contributed by atoms with E-state index >= 15 is 4.39 Å². The van der Waals surface area contributed by atoms with Gasteiger partial charge in [0, 0.05) is 36.3 Å². The standard InChI is InChI=1S/C37H44FN5O7S2/c1-20(2)28-19-51-34(40-28)27-17-30(24-12-13-29(49-4)31(38)32(24)39-27)50-22-15-25-26(16-22)35(45)43(3)14-8-6-5-7-9-21-18-37(21,41-33(25)44)36(46)42-52(47,48)23-10-11-23/h7,9,12-13,17,19-23,25-26H,5-6,8,10-11,14-16,18H2,1-4H3,(H,41,44)(H,42,46)/b9-7-. The van der Waals surface area contributed by atoms with Gasteiger partial charge >= 0.3 is 0 Å². The highest BCUT2D eigenvalue weighted by Gasteiger charge is 2.62. The molecule has 5 atom stereocenters. The number of carbonyl (C=O) groups is 3. The van der Waals surface area contributed by atoms with E-state index in [4.69, 9.17) is 14.5 Å². The number of hydrogen-bond acceptors (Lipinski definition) is 10. The van der Waals surface area contributed by atoms with Crippen LogP contribution in [0.15, 0.2) is 35.7 Å². The minimum atomic E-state index is -3.85. The van der Waals surface area contributed by atoms with E-state index in [1.807, 2.05) is 31.4 Å². The number of hydrogen-bond donors (Lipinski definition) is 2. The van der Waals surface area contributed by atoms with Gasteiger partial charge in [-0.3, -0.25) is 19.1 Å². The summed E-state index contributed by atoms with van der Waals surface area (Å²) in [5, 5.41) is 5.24. The van der Waals surface area contributed by atoms with Crippen LogP contribution in [0.4, 0.5) is 4.39 Å². The second kappa shape index (κ2) is 14.0. The van der Waals surface area contributed by atoms with Gasteiger partial charge in [-0.25, -0.2) is 22.8 Å². The number of carbonyl (C=O) groups excluding carboxylic acids is 3. The fourth-order valence-electron chi connectivity index (χ4n) is 7.31. The van der Waals surface area contributed by atoms with Gasteiger partial charge in [0.25, 0.3) is 5.91 Å². The first-order valence-corrected chi connectivity index (χ1v) is 20.3. The van der Waals surface area contributed by atoms with E-state index in [1.165, 1.54) is 24.5 Å². The van der Waals surface area contributed by atoms with Crippen molar-refractivity contribution in [1.82, 2.24) is 24.9 Å². The maximum atomic E-state index is 15.7. The van der Waals surface area contributed by atoms with Crippen molar-refractivity contribution in [3.8, 4) is 22.2 Å². The number of methoxy groups -OCH3 is 1. The van der Waals surface area contributed by atoms with E-state index in [9.17, 15) is 22.8 Å². The highest BCUT2D eigenvalue weighted by atomic mass is 32.2. The van der Waals surface area contributed by atoms with Crippen LogP contribution in [0.1, 0.15) is 76.8 Å². The number of ether oxygens (including phenoxy) is 2. The van der Waals surface area contributed by atoms with Gasteiger partial charge in [0.1, 0.15) is 33.6 Å². The summed E-state index contributed by atoms with van der Waals surface area (Å²) in [5.74, 6) is -3.60. The molecule has 3 fully saturated rings. The number of aromatic nitrogens is 2. The monoisotopic (exact) mass is 753 g/mol. The van der Waals surface area contributed by atoms with E-state index < -0.39 is 56.4 Å². The highest BCUT2D eigenvalue weighted by Crippen LogP contribution is 2.47. The van der Waals surface area contributed by atoms with Crippen LogP contribution in [0, 0.1) is 23.6 Å². The number of benzene rings is 1. The number of nitrogens with zero attached hydrogens (tertiary/aromatic N) is 3. The summed E-state index contributed by atoms with van der Waals surface area (Å²) in [6.07, 6.45) is 7.08. The van der Waals surface area contributed by atoms with Crippen LogP contribution in [0.5, 0.6) is 11.5 Å². The van der Waals surface area contributed by atoms with Gasteiger partial charge in [0.15, 0.2) is 11.6 Å². The molecule has 2 aromatic heterocycles. The largest absolute Gasteiger partial charge is 0.494 e. The van der Waals surface area contributed by atoms with Crippen LogP contribution in [0.2, 0.25) is 0 Å². The Morgan fingerprint density at radius 3 is 2.62 bits per heavy atom. The lowest BCUT2D eigenvalue weighted by molar-refractivity contribution is -0.140. The molecule has 3 saturated carbocycles. The van der Waals surface area contributed by atoms with E-state index in [2.05, 4.69) is 15.0 Å². The number of rotatable bonds is 8. The van der Waals surface area contributed by atoms with E-state index in [0.29, 0.717) is 41.2 Å². The Morgan fingerprint density at radius 2 is 1.90 bits per heavy atom. The Kier molecular flexibility index (Phi) is 9.78. The van der Waals surface area contributed by atoms with E-state index in [0.717, 1.165) is 25.0 Å². The second-order valence-electron chi connectivity index (χ2n) is 14.8. The topological polar surface area (TPSA) is 157 Å². The molecule has 7 rings (SSSR count). The summed E-state index contributed by atoms with van der Waals surface area (Å²) in [4.78, 5) is 52.8. The van der Waals surface area contributed by atoms with Crippen LogP contribution in [-0.2, 0) is 24.4 Å². The average molecular weight is 754 g/mol. The molecular formula is C37H44FN5O7S2. The molecule has 12 nitrogen and oxygen atoms in total. The third kappa shape index (κ3) is 7.01. The molecule has 0 radical (unpaired) electrons. The normalized spacial score (nSPS) is 27.4. The van der Waals surface area contributed by atoms with Gasteiger partial charge in [-0.15, -0.1) is 11.3 Å². The molecule has 3 amide bonds. The third-order valence-corrected chi connectivity index (χ3v) is 13.4. The number of pyridine rings is 1. The van der Waals surface area contributed by atoms with Crippen molar-refractivity contribution in [2.45, 2.75) is 88.0 Å². The van der Waals surface area contributed by atoms with Gasteiger partial charge in [0.2, 0.25) is 21.8 Å². The molecule has 0 bridgehead atoms. The van der Waals surface area contributed by atoms with Crippen molar-refractivity contribution in [3.05, 3.63) is 47.2 Å². The van der Waals surface area contributed by atoms with Gasteiger partial charge in [-0.05, 0) is 69.4 Å². The summed E-state index contributed by atoms with van der Waals surface area (Å²) < 4.78 is 55.3. The molecule has 0 saturated heterocycles. The number of nitrogens with one attached hydrogen (secondary N) is 2. The van der Waals surface area contributed by atoms with Crippen molar-refractivity contribution in [2.75, 3.05) is 20.7 Å². The van der Waals surface area contributed by atoms with Crippen molar-refractivity contribution < 1.29 is 36.7 Å². The Bertz CT molecular complexity index is 2050. The summed E-state index contributed by atoms with van der Waals surface area (Å²) in [5.41, 5.74) is -0.0992. The zero-order chi connectivity index (χ0) is 36.9. The molecule has 4 aliphatic rings. The predicted molar refractivity (Wildman–Crippen MR) is 194 cm³/mol. The van der Waals surface area contributed by atoms with Crippen molar-refractivity contribution in [3.63, 3.8) is 0 Å². The highest BCUT2D eigenvalue weighted by molar-refractivity contribution is 7.91. The first-order valence-electron chi connectivity index (χ1n) is 17.9. The lowest BCUT2D eigenvalue weighted by Crippen LogP contribution is -2.54. The molecule has 3 aliphatic carbocycles. The SMILES string of the molecule is COc1ccc2c(OC3CC4C(=O)NC5(C(=O)NS(=O)(=O)C6CC6)CC5/C=C\CCCCN(C)C(=O)C4C3)cc(-c3nc(C(C)C)cs3)nc2c1F. The van der Waals surface area contributed by atoms with Crippen LogP contribution in [0.3, 0.4) is 0 Å². The lowest BCUT2D eigenvalue weighted by atomic mass is 9.93. The number of sulfonamides is 1. The number of amides is 3. The van der Waals surface area contributed by atoms with Crippen molar-refractivity contribution >= 4 is 50.0 Å². The first kappa shape index (κ1) is 36.3. The maximum absolute atomic E-state index is 15.7. The Labute approximate surface area is 306 Å². The average Bonchev–Trinajstić information content (AvgIpc) is 3.98. The van der Waals surface area contributed by atoms with Crippen LogP contribution >= 0.6 is 11.3 Å². The van der Waals surface area contributed by atoms with Crippen molar-refractivity contribution in [1.29, 1.82) is 0 Å². The minimum absolute atomic E-state index is 0.0245. The van der Waals surface area contributed by atoms with Crippen molar-refractivity contribution in [2.24, 2.45) is 17.8 Å². The van der Waals surface area contributed by atoms with E-state index in [1.54, 1.807) is 24.1 Å². The number of allylic oxidation sites excluding steroid dienone is 1. The molecule has 2 N–H and O–H groups in total. The lowest BCUT2D eigenvalue weighted by Gasteiger charge is -2.26. The molecule has 278 valence electrons. The van der Waals surface area contributed by atoms with Gasteiger partial charge in [0.05, 0.1) is 29.9 Å². The number of fused-ring (bicyclic) bond motifs is 3. The fourth-order valence-corrected chi connectivity index (χ4v) is 9.62. The number of thiazole rings is 1. The van der Waals surface area contributed by atoms with Crippen LogP contribution < -0.4 is 19.5 Å². The first-order chi connectivity index (χ1) is 24.8. The minimum Gasteiger partial charge on any atom is -0.494 e. The van der Waals surface area contributed by atoms with E-state index in [-0.39, 0.29) is 48.3 Å². The smallest absolute Gasteiger partial charge is 0.259 e. The summed E-state index contributed by atoms with van der Waals surface area (Å²) in [6.45, 7) is 4.58. The summed E-state index contributed by atoms with van der Waals surface area (Å²) in [7, 11) is -0.753. The molecule has 3 heterocycles. The number of halogens is 1. The third-order valence-electron chi connectivity index (χ3n) is 10.7. The van der Waals surface area contributed by atoms with Gasteiger partial charge < -0.3 is 19.7 Å². The van der Waals surface area contributed by atoms with Gasteiger partial charge in [-0.1, -0.05) is 26.0 Å². The molecule has 52 heavy (non-hydrogen) atoms. The summed E-state index contributed by atoms with van der Waals surface area (Å²) in [6, 6.07) is 4.88. The van der Waals surface area contributed by atoms with Crippen LogP contribution in [0.25, 0.3) is 21.6 Å². The summed E-state index contributed by atoms with van der Waals surface area (Å²) >= 11 is 1.39. The quantitative estimate of drug-likeness (QED) is 0.300. The Morgan fingerprint density at radius 1 is 1.13 bits per heavy atom. The Balaban J connectivity index is 1.21. The predicted octanol–water partition coefficient (Wildman–Crippen LogP) is 5.08. The maximum Gasteiger partial charge on any atom is 0.259 e. The Hall–Kier alpha value is -4.11. The molecular weight excluding hydrogens is 710 g/mol. The molecule has 5 unspecified atom stereocenters. The molecule has 0 spiro atoms. The molecule has 1 aromatic carbocycles. The second-order valence-corrected chi connectivity index (χ2v) is 17.6. The van der Waals surface area contributed by atoms with Gasteiger partial charge in [-0.2, -0.15) is 0 Å². The van der Waals surface area contributed by atoms with Crippen LogP contribution in [-0.4, -0.2) is 78.6 Å². The molecule has 15 heteroatoms. The fraction of sp³-hybridized carbons (Fsp3) is 0.541. The zero-order valence-corrected chi connectivity index (χ0v) is 31.3.